The summed E-state index contributed by atoms with van der Waals surface area (Å²) in [5.41, 5.74) is 2.51. The lowest BCUT2D eigenvalue weighted by molar-refractivity contribution is -0.134. The van der Waals surface area contributed by atoms with Gasteiger partial charge in [0.15, 0.2) is 0 Å². The molecule has 1 aliphatic heterocycles. The first-order valence-corrected chi connectivity index (χ1v) is 12.9. The molecule has 2 aromatic rings. The summed E-state index contributed by atoms with van der Waals surface area (Å²) in [6, 6.07) is 9.42. The van der Waals surface area contributed by atoms with E-state index in [-0.39, 0.29) is 0 Å². The van der Waals surface area contributed by atoms with Gasteiger partial charge in [0.1, 0.15) is 0 Å². The molecule has 1 saturated carbocycles. The van der Waals surface area contributed by atoms with Gasteiger partial charge in [0.25, 0.3) is 0 Å². The maximum Gasteiger partial charge on any atom is 0.394 e. The zero-order valence-electron chi connectivity index (χ0n) is 18.7. The molecule has 8 nitrogen and oxygen atoms in total. The van der Waals surface area contributed by atoms with E-state index in [0.717, 1.165) is 12.8 Å². The summed E-state index contributed by atoms with van der Waals surface area (Å²) < 4.78 is 31.6. The first-order valence-electron chi connectivity index (χ1n) is 11.5. The van der Waals surface area contributed by atoms with Crippen LogP contribution in [0.15, 0.2) is 30.5 Å². The molecule has 178 valence electrons. The van der Waals surface area contributed by atoms with Gasteiger partial charge in [0.2, 0.25) is 5.91 Å². The number of carbonyl (C=O) groups is 1. The quantitative estimate of drug-likeness (QED) is 0.561. The molecule has 2 heterocycles. The average Bonchev–Trinajstić information content (AvgIpc) is 3.42. The largest absolute Gasteiger partial charge is 0.394 e. The lowest BCUT2D eigenvalue weighted by Gasteiger charge is -2.42. The van der Waals surface area contributed by atoms with Gasteiger partial charge < -0.3 is 9.88 Å². The van der Waals surface area contributed by atoms with Gasteiger partial charge in [0.05, 0.1) is 0 Å². The molecule has 3 N–H and O–H groups in total. The van der Waals surface area contributed by atoms with Gasteiger partial charge in [-0.1, -0.05) is 31.0 Å². The Labute approximate surface area is 190 Å². The lowest BCUT2D eigenvalue weighted by atomic mass is 9.88. The Kier molecular flexibility index (Phi) is 8.70. The first kappa shape index (κ1) is 24.7. The SMILES string of the molecule is CN(C(=O)CCCc1c[nH]c2ccccc12)C1CCCCC1N1CCCC1.O=S(=O)(O)O. The van der Waals surface area contributed by atoms with E-state index in [2.05, 4.69) is 45.2 Å². The number of nitrogens with one attached hydrogen (secondary N) is 1. The van der Waals surface area contributed by atoms with Crippen molar-refractivity contribution in [1.82, 2.24) is 14.8 Å². The monoisotopic (exact) mass is 465 g/mol. The van der Waals surface area contributed by atoms with Crippen LogP contribution in [0.3, 0.4) is 0 Å². The molecule has 0 spiro atoms. The van der Waals surface area contributed by atoms with Gasteiger partial charge in [-0.05, 0) is 63.2 Å². The summed E-state index contributed by atoms with van der Waals surface area (Å²) in [4.78, 5) is 21.0. The minimum absolute atomic E-state index is 0.325. The zero-order chi connectivity index (χ0) is 23.1. The van der Waals surface area contributed by atoms with Crippen LogP contribution in [0.5, 0.6) is 0 Å². The summed E-state index contributed by atoms with van der Waals surface area (Å²) in [5, 5.41) is 1.29. The molecule has 32 heavy (non-hydrogen) atoms. The summed E-state index contributed by atoms with van der Waals surface area (Å²) in [6.07, 6.45) is 12.3. The van der Waals surface area contributed by atoms with Crippen molar-refractivity contribution in [2.75, 3.05) is 20.1 Å². The van der Waals surface area contributed by atoms with Crippen LogP contribution in [0.4, 0.5) is 0 Å². The number of hydrogen-bond acceptors (Lipinski definition) is 4. The van der Waals surface area contributed by atoms with Gasteiger partial charge >= 0.3 is 10.4 Å². The molecule has 1 aromatic heterocycles. The van der Waals surface area contributed by atoms with Crippen LogP contribution >= 0.6 is 0 Å². The van der Waals surface area contributed by atoms with Crippen molar-refractivity contribution in [2.24, 2.45) is 0 Å². The number of benzene rings is 1. The number of aromatic nitrogens is 1. The highest BCUT2D eigenvalue weighted by molar-refractivity contribution is 7.79. The number of H-pyrrole nitrogens is 1. The number of likely N-dealkylation sites (tertiary alicyclic amines) is 1. The van der Waals surface area contributed by atoms with Crippen LogP contribution in [0.1, 0.15) is 56.9 Å². The van der Waals surface area contributed by atoms with Gasteiger partial charge in [-0.25, -0.2) is 0 Å². The second kappa shape index (κ2) is 11.3. The van der Waals surface area contributed by atoms with Crippen molar-refractivity contribution in [3.63, 3.8) is 0 Å². The third kappa shape index (κ3) is 7.03. The van der Waals surface area contributed by atoms with Crippen LogP contribution in [0.25, 0.3) is 10.9 Å². The van der Waals surface area contributed by atoms with Crippen LogP contribution in [-0.2, 0) is 21.6 Å². The molecule has 2 unspecified atom stereocenters. The second-order valence-corrected chi connectivity index (χ2v) is 9.72. The molecule has 2 atom stereocenters. The number of hydrogen-bond donors (Lipinski definition) is 3. The van der Waals surface area contributed by atoms with Gasteiger partial charge in [-0.15, -0.1) is 0 Å². The fraction of sp³-hybridized carbons (Fsp3) is 0.609. The van der Waals surface area contributed by atoms with Gasteiger partial charge in [-0.2, -0.15) is 8.42 Å². The number of aryl methyl sites for hydroxylation is 1. The van der Waals surface area contributed by atoms with Crippen LogP contribution < -0.4 is 0 Å². The topological polar surface area (TPSA) is 114 Å². The molecule has 1 amide bonds. The predicted octanol–water partition coefficient (Wildman–Crippen LogP) is 3.70. The maximum atomic E-state index is 12.9. The molecule has 0 radical (unpaired) electrons. The van der Waals surface area contributed by atoms with E-state index in [4.69, 9.17) is 17.5 Å². The maximum absolute atomic E-state index is 12.9. The summed E-state index contributed by atoms with van der Waals surface area (Å²) in [7, 11) is -2.62. The molecular formula is C23H35N3O5S. The Morgan fingerprint density at radius 2 is 1.78 bits per heavy atom. The Morgan fingerprint density at radius 3 is 2.50 bits per heavy atom. The predicted molar refractivity (Wildman–Crippen MR) is 125 cm³/mol. The molecule has 2 aliphatic rings. The van der Waals surface area contributed by atoms with E-state index < -0.39 is 10.4 Å². The van der Waals surface area contributed by atoms with E-state index in [1.54, 1.807) is 0 Å². The highest BCUT2D eigenvalue weighted by Gasteiger charge is 2.35. The molecule has 2 fully saturated rings. The second-order valence-electron chi connectivity index (χ2n) is 8.83. The molecule has 0 bridgehead atoms. The standard InChI is InChI=1S/C23H33N3O.H2O4S/c1-25(21-12-4-5-13-22(21)26-15-6-7-16-26)23(27)14-8-9-18-17-24-20-11-3-2-10-19(18)20;1-5(2,3)4/h2-3,10-11,17,21-22,24H,4-9,12-16H2,1H3;(H2,1,2,3,4). The lowest BCUT2D eigenvalue weighted by Crippen LogP contribution is -2.53. The summed E-state index contributed by atoms with van der Waals surface area (Å²) in [5.74, 6) is 0.325. The number of likely N-dealkylation sites (N-methyl/N-ethyl adjacent to an activating group) is 1. The number of para-hydroxylation sites is 1. The fourth-order valence-electron chi connectivity index (χ4n) is 5.17. The average molecular weight is 466 g/mol. The third-order valence-corrected chi connectivity index (χ3v) is 6.71. The number of amides is 1. The number of carbonyl (C=O) groups excluding carboxylic acids is 1. The van der Waals surface area contributed by atoms with Crippen molar-refractivity contribution >= 4 is 27.2 Å². The Bertz CT molecular complexity index is 976. The van der Waals surface area contributed by atoms with Crippen LogP contribution in [0, 0.1) is 0 Å². The fourth-order valence-corrected chi connectivity index (χ4v) is 5.17. The summed E-state index contributed by atoms with van der Waals surface area (Å²) >= 11 is 0. The van der Waals surface area contributed by atoms with Crippen LogP contribution in [0.2, 0.25) is 0 Å². The smallest absolute Gasteiger partial charge is 0.361 e. The van der Waals surface area contributed by atoms with Crippen molar-refractivity contribution in [3.05, 3.63) is 36.0 Å². The number of fused-ring (bicyclic) bond motifs is 1. The molecule has 1 aliphatic carbocycles. The van der Waals surface area contributed by atoms with Crippen molar-refractivity contribution < 1.29 is 22.3 Å². The Morgan fingerprint density at radius 1 is 1.12 bits per heavy atom. The number of nitrogens with zero attached hydrogens (tertiary/aromatic N) is 2. The normalized spacial score (nSPS) is 21.8. The zero-order valence-corrected chi connectivity index (χ0v) is 19.6. The van der Waals surface area contributed by atoms with E-state index >= 15 is 0 Å². The Balaban J connectivity index is 0.000000523. The highest BCUT2D eigenvalue weighted by atomic mass is 32.3. The van der Waals surface area contributed by atoms with Gasteiger partial charge in [0, 0.05) is 42.7 Å². The number of aromatic amines is 1. The number of rotatable bonds is 6. The molecule has 9 heteroatoms. The van der Waals surface area contributed by atoms with Crippen LogP contribution in [-0.4, -0.2) is 70.4 Å². The first-order chi connectivity index (χ1) is 15.2. The van der Waals surface area contributed by atoms with E-state index in [1.165, 1.54) is 68.1 Å². The minimum atomic E-state index is -4.67. The summed E-state index contributed by atoms with van der Waals surface area (Å²) in [6.45, 7) is 2.45. The van der Waals surface area contributed by atoms with E-state index in [9.17, 15) is 4.79 Å². The molecule has 1 aromatic carbocycles. The molecule has 1 saturated heterocycles. The Hall–Kier alpha value is -1.94. The minimum Gasteiger partial charge on any atom is -0.361 e. The highest BCUT2D eigenvalue weighted by Crippen LogP contribution is 2.29. The van der Waals surface area contributed by atoms with E-state index in [0.29, 0.717) is 24.4 Å². The van der Waals surface area contributed by atoms with Gasteiger partial charge in [-0.3, -0.25) is 18.8 Å². The van der Waals surface area contributed by atoms with E-state index in [1.807, 2.05) is 7.05 Å². The molecule has 4 rings (SSSR count). The van der Waals surface area contributed by atoms with Crippen molar-refractivity contribution in [1.29, 1.82) is 0 Å². The van der Waals surface area contributed by atoms with Crippen molar-refractivity contribution in [2.45, 2.75) is 69.9 Å². The van der Waals surface area contributed by atoms with Crippen molar-refractivity contribution in [3.8, 4) is 0 Å². The molecular weight excluding hydrogens is 430 g/mol. The third-order valence-electron chi connectivity index (χ3n) is 6.71.